The molecule has 0 aliphatic carbocycles. The van der Waals surface area contributed by atoms with E-state index in [1.807, 2.05) is 41.5 Å². The van der Waals surface area contributed by atoms with Crippen molar-refractivity contribution >= 4 is 12.7 Å². The first-order valence-electron chi connectivity index (χ1n) is 8.76. The average molecular weight is 348 g/mol. The second-order valence-electron chi connectivity index (χ2n) is 8.17. The minimum atomic E-state index is -1.08. The molecule has 2 heterocycles. The molecule has 1 unspecified atom stereocenters. The highest BCUT2D eigenvalue weighted by molar-refractivity contribution is 6.55. The van der Waals surface area contributed by atoms with Gasteiger partial charge in [0.05, 0.1) is 16.8 Å². The summed E-state index contributed by atoms with van der Waals surface area (Å²) < 4.78 is 33.1. The van der Waals surface area contributed by atoms with Crippen LogP contribution in [0.5, 0.6) is 11.5 Å². The third-order valence-electron chi connectivity index (χ3n) is 5.48. The normalized spacial score (nSPS) is 26.4. The van der Waals surface area contributed by atoms with Gasteiger partial charge in [-0.15, -0.1) is 0 Å². The van der Waals surface area contributed by atoms with Crippen LogP contribution in [0.3, 0.4) is 0 Å². The Morgan fingerprint density at radius 1 is 1.20 bits per heavy atom. The zero-order valence-corrected chi connectivity index (χ0v) is 15.7. The van der Waals surface area contributed by atoms with E-state index in [0.717, 1.165) is 0 Å². The molecule has 25 heavy (non-hydrogen) atoms. The number of phenols is 1. The number of phenolic OH excluding ortho intramolecular Hbond substituents is 1. The summed E-state index contributed by atoms with van der Waals surface area (Å²) in [6.07, 6.45) is 0.190. The molecular formula is C19H26BFO4. The van der Waals surface area contributed by atoms with Crippen molar-refractivity contribution in [2.75, 3.05) is 0 Å². The number of hydrogen-bond acceptors (Lipinski definition) is 4. The molecular weight excluding hydrogens is 322 g/mol. The van der Waals surface area contributed by atoms with E-state index in [9.17, 15) is 5.11 Å². The molecule has 0 aromatic heterocycles. The van der Waals surface area contributed by atoms with Crippen molar-refractivity contribution < 1.29 is 23.5 Å². The van der Waals surface area contributed by atoms with Gasteiger partial charge in [0, 0.05) is 6.42 Å². The second kappa shape index (κ2) is 6.03. The van der Waals surface area contributed by atoms with E-state index in [0.29, 0.717) is 23.3 Å². The molecule has 1 saturated heterocycles. The summed E-state index contributed by atoms with van der Waals surface area (Å²) in [5.41, 5.74) is -0.946. The summed E-state index contributed by atoms with van der Waals surface area (Å²) in [5, 5.41) is 10.3. The minimum absolute atomic E-state index is 0.00127. The first kappa shape index (κ1) is 18.3. The summed E-state index contributed by atoms with van der Waals surface area (Å²) >= 11 is 0. The maximum absolute atomic E-state index is 15.4. The predicted octanol–water partition coefficient (Wildman–Crippen LogP) is 4.51. The lowest BCUT2D eigenvalue weighted by atomic mass is 9.79. The number of ether oxygens (including phenoxy) is 1. The highest BCUT2D eigenvalue weighted by Crippen LogP contribution is 2.47. The number of hydrogen-bond donors (Lipinski definition) is 1. The number of aromatic hydroxyl groups is 1. The Kier molecular flexibility index (Phi) is 4.40. The highest BCUT2D eigenvalue weighted by Gasteiger charge is 2.54. The Balaban J connectivity index is 2.07. The van der Waals surface area contributed by atoms with Gasteiger partial charge in [-0.05, 0) is 51.3 Å². The van der Waals surface area contributed by atoms with Crippen molar-refractivity contribution in [3.05, 3.63) is 29.5 Å². The molecule has 0 saturated carbocycles. The van der Waals surface area contributed by atoms with Gasteiger partial charge in [-0.1, -0.05) is 19.9 Å². The minimum Gasteiger partial charge on any atom is -0.507 e. The van der Waals surface area contributed by atoms with Crippen LogP contribution in [0, 0.1) is 5.92 Å². The lowest BCUT2D eigenvalue weighted by molar-refractivity contribution is 0.00578. The molecule has 136 valence electrons. The maximum Gasteiger partial charge on any atom is 0.525 e. The Hall–Kier alpha value is -1.53. The first-order valence-corrected chi connectivity index (χ1v) is 8.76. The van der Waals surface area contributed by atoms with Crippen LogP contribution < -0.4 is 4.74 Å². The fraction of sp³-hybridized carbons (Fsp3) is 0.579. The van der Waals surface area contributed by atoms with E-state index in [2.05, 4.69) is 0 Å². The molecule has 0 bridgehead atoms. The Labute approximate surface area is 149 Å². The molecule has 1 aromatic rings. The molecule has 1 atom stereocenters. The molecule has 0 radical (unpaired) electrons. The largest absolute Gasteiger partial charge is 0.525 e. The van der Waals surface area contributed by atoms with Gasteiger partial charge in [0.25, 0.3) is 0 Å². The Bertz CT molecular complexity index is 695. The van der Waals surface area contributed by atoms with Crippen LogP contribution in [0.15, 0.2) is 23.9 Å². The van der Waals surface area contributed by atoms with Crippen molar-refractivity contribution in [1.29, 1.82) is 0 Å². The zero-order valence-electron chi connectivity index (χ0n) is 15.7. The lowest BCUT2D eigenvalue weighted by Gasteiger charge is -2.32. The van der Waals surface area contributed by atoms with E-state index in [1.54, 1.807) is 12.1 Å². The van der Waals surface area contributed by atoms with Crippen LogP contribution >= 0.6 is 0 Å². The molecule has 1 fully saturated rings. The number of fused-ring (bicyclic) bond motifs is 1. The van der Waals surface area contributed by atoms with Crippen molar-refractivity contribution in [3.63, 3.8) is 0 Å². The molecule has 0 amide bonds. The Morgan fingerprint density at radius 2 is 1.80 bits per heavy atom. The zero-order chi connectivity index (χ0) is 18.6. The van der Waals surface area contributed by atoms with Crippen LogP contribution in [0.2, 0.25) is 0 Å². The van der Waals surface area contributed by atoms with Gasteiger partial charge in [-0.25, -0.2) is 4.39 Å². The van der Waals surface area contributed by atoms with Crippen molar-refractivity contribution in [3.8, 4) is 11.5 Å². The molecule has 1 N–H and O–H groups in total. The lowest BCUT2D eigenvalue weighted by Crippen LogP contribution is -2.41. The molecule has 0 spiro atoms. The van der Waals surface area contributed by atoms with Crippen molar-refractivity contribution in [2.45, 2.75) is 65.3 Å². The summed E-state index contributed by atoms with van der Waals surface area (Å²) in [6, 6.07) is 4.98. The summed E-state index contributed by atoms with van der Waals surface area (Å²) in [5.74, 6) is 0.699. The molecule has 2 aliphatic rings. The van der Waals surface area contributed by atoms with E-state index in [-0.39, 0.29) is 17.8 Å². The fourth-order valence-corrected chi connectivity index (χ4v) is 3.11. The standard InChI is InChI=1S/C19H26BFO4/c1-11(2)15-10-12(16-13(22)8-7-9-14(16)23-15)17(21)20-24-18(3,4)19(5,6)25-20/h7-9,11,15,22H,10H2,1-6H3. The molecule has 2 aliphatic heterocycles. The number of benzene rings is 1. The molecule has 6 heteroatoms. The molecule has 4 nitrogen and oxygen atoms in total. The number of halogens is 1. The summed E-state index contributed by atoms with van der Waals surface area (Å²) in [6.45, 7) is 11.6. The van der Waals surface area contributed by atoms with Crippen LogP contribution in [0.25, 0.3) is 5.57 Å². The third kappa shape index (κ3) is 3.06. The SMILES string of the molecule is CC(C)C1CC(=C(F)B2OC(C)(C)C(C)(C)O2)c2c(O)cccc2O1. The van der Waals surface area contributed by atoms with Crippen molar-refractivity contribution in [1.82, 2.24) is 0 Å². The maximum atomic E-state index is 15.4. The first-order chi connectivity index (χ1) is 11.5. The van der Waals surface area contributed by atoms with Gasteiger partial charge in [0.1, 0.15) is 23.3 Å². The second-order valence-corrected chi connectivity index (χ2v) is 8.17. The topological polar surface area (TPSA) is 47.9 Å². The van der Waals surface area contributed by atoms with Gasteiger partial charge < -0.3 is 19.2 Å². The van der Waals surface area contributed by atoms with Gasteiger partial charge in [0.15, 0.2) is 0 Å². The van der Waals surface area contributed by atoms with Crippen LogP contribution in [-0.4, -0.2) is 29.5 Å². The van der Waals surface area contributed by atoms with Gasteiger partial charge in [-0.2, -0.15) is 0 Å². The number of rotatable bonds is 2. The predicted molar refractivity (Wildman–Crippen MR) is 96.1 cm³/mol. The van der Waals surface area contributed by atoms with Gasteiger partial charge in [-0.3, -0.25) is 0 Å². The van der Waals surface area contributed by atoms with E-state index in [4.69, 9.17) is 14.0 Å². The monoisotopic (exact) mass is 348 g/mol. The van der Waals surface area contributed by atoms with Crippen LogP contribution in [0.4, 0.5) is 4.39 Å². The van der Waals surface area contributed by atoms with Crippen LogP contribution in [-0.2, 0) is 9.31 Å². The van der Waals surface area contributed by atoms with E-state index in [1.165, 1.54) is 6.07 Å². The molecule has 3 rings (SSSR count). The van der Waals surface area contributed by atoms with Crippen molar-refractivity contribution in [2.24, 2.45) is 5.92 Å². The Morgan fingerprint density at radius 3 is 2.36 bits per heavy atom. The van der Waals surface area contributed by atoms with Gasteiger partial charge in [0.2, 0.25) is 0 Å². The summed E-state index contributed by atoms with van der Waals surface area (Å²) in [7, 11) is -1.08. The third-order valence-corrected chi connectivity index (χ3v) is 5.48. The van der Waals surface area contributed by atoms with E-state index < -0.39 is 24.0 Å². The highest BCUT2D eigenvalue weighted by atomic mass is 19.1. The smallest absolute Gasteiger partial charge is 0.507 e. The van der Waals surface area contributed by atoms with Gasteiger partial charge >= 0.3 is 7.12 Å². The quantitative estimate of drug-likeness (QED) is 0.799. The van der Waals surface area contributed by atoms with Crippen LogP contribution in [0.1, 0.15) is 53.5 Å². The average Bonchev–Trinajstić information content (AvgIpc) is 2.73. The molecule has 1 aromatic carbocycles. The van der Waals surface area contributed by atoms with E-state index >= 15 is 4.39 Å². The summed E-state index contributed by atoms with van der Waals surface area (Å²) in [4.78, 5) is 0. The fourth-order valence-electron chi connectivity index (χ4n) is 3.11.